The Morgan fingerprint density at radius 3 is 2.59 bits per heavy atom. The van der Waals surface area contributed by atoms with Crippen molar-refractivity contribution >= 4 is 29.0 Å². The first-order valence-corrected chi connectivity index (χ1v) is 14.0. The summed E-state index contributed by atoms with van der Waals surface area (Å²) in [6.45, 7) is 0.789. The van der Waals surface area contributed by atoms with Crippen molar-refractivity contribution < 1.29 is 29.3 Å². The number of amides is 2. The number of carbonyl (C=O) groups is 2. The SMILES string of the molecule is Nc1nc(CC2CCN(C(=O)OCCc3ccccc3)CC2)nc2c1ncn2CO[C@H](C(=O)NC1CC1)C(O)CO. The zero-order chi connectivity index (χ0) is 28.8. The molecule has 2 atom stereocenters. The molecule has 1 saturated heterocycles. The Hall–Kier alpha value is -3.81. The first-order valence-electron chi connectivity index (χ1n) is 14.0. The predicted octanol–water partition coefficient (Wildman–Crippen LogP) is 1.02. The van der Waals surface area contributed by atoms with E-state index < -0.39 is 24.7 Å². The van der Waals surface area contributed by atoms with Crippen LogP contribution in [0.5, 0.6) is 0 Å². The summed E-state index contributed by atoms with van der Waals surface area (Å²) in [6.07, 6.45) is 3.19. The molecule has 1 aliphatic carbocycles. The maximum atomic E-state index is 12.5. The number of hydrogen-bond acceptors (Lipinski definition) is 10. The van der Waals surface area contributed by atoms with Gasteiger partial charge in [0.2, 0.25) is 0 Å². The summed E-state index contributed by atoms with van der Waals surface area (Å²) in [6, 6.07) is 10.0. The van der Waals surface area contributed by atoms with Crippen LogP contribution in [0.25, 0.3) is 11.2 Å². The van der Waals surface area contributed by atoms with Gasteiger partial charge in [-0.15, -0.1) is 0 Å². The zero-order valence-electron chi connectivity index (χ0n) is 22.9. The van der Waals surface area contributed by atoms with Crippen molar-refractivity contribution in [3.8, 4) is 0 Å². The van der Waals surface area contributed by atoms with Crippen molar-refractivity contribution in [2.24, 2.45) is 5.92 Å². The maximum absolute atomic E-state index is 12.5. The lowest BCUT2D eigenvalue weighted by atomic mass is 9.93. The summed E-state index contributed by atoms with van der Waals surface area (Å²) < 4.78 is 12.8. The van der Waals surface area contributed by atoms with Gasteiger partial charge in [-0.2, -0.15) is 0 Å². The fourth-order valence-electron chi connectivity index (χ4n) is 4.90. The van der Waals surface area contributed by atoms with E-state index in [4.69, 9.17) is 15.2 Å². The Morgan fingerprint density at radius 1 is 1.12 bits per heavy atom. The highest BCUT2D eigenvalue weighted by Gasteiger charge is 2.32. The number of nitrogens with one attached hydrogen (secondary N) is 1. The number of aliphatic hydroxyl groups excluding tert-OH is 2. The van der Waals surface area contributed by atoms with Crippen LogP contribution in [0, 0.1) is 5.92 Å². The number of carbonyl (C=O) groups excluding carboxylic acids is 2. The zero-order valence-corrected chi connectivity index (χ0v) is 22.9. The number of nitrogens with zero attached hydrogens (tertiary/aromatic N) is 5. The molecule has 0 spiro atoms. The molecule has 1 saturated carbocycles. The average Bonchev–Trinajstić information content (AvgIpc) is 3.70. The quantitative estimate of drug-likeness (QED) is 0.247. The third-order valence-electron chi connectivity index (χ3n) is 7.45. The second-order valence-electron chi connectivity index (χ2n) is 10.6. The number of hydrogen-bond donors (Lipinski definition) is 4. The largest absolute Gasteiger partial charge is 0.449 e. The van der Waals surface area contributed by atoms with Crippen LogP contribution in [-0.4, -0.2) is 91.2 Å². The van der Waals surface area contributed by atoms with Crippen LogP contribution in [0.1, 0.15) is 37.1 Å². The number of nitrogen functional groups attached to an aromatic ring is 1. The van der Waals surface area contributed by atoms with E-state index in [0.29, 0.717) is 49.5 Å². The summed E-state index contributed by atoms with van der Waals surface area (Å²) in [5, 5.41) is 22.3. The molecule has 5 N–H and O–H groups in total. The highest BCUT2D eigenvalue weighted by atomic mass is 16.6. The third-order valence-corrected chi connectivity index (χ3v) is 7.45. The van der Waals surface area contributed by atoms with Crippen molar-refractivity contribution in [2.45, 2.75) is 63.5 Å². The van der Waals surface area contributed by atoms with Gasteiger partial charge in [-0.05, 0) is 37.2 Å². The van der Waals surface area contributed by atoms with Crippen molar-refractivity contribution in [3.63, 3.8) is 0 Å². The van der Waals surface area contributed by atoms with Gasteiger partial charge in [-0.25, -0.2) is 19.7 Å². The Labute approximate surface area is 237 Å². The van der Waals surface area contributed by atoms with Crippen LogP contribution in [-0.2, 0) is 33.8 Å². The Balaban J connectivity index is 1.14. The van der Waals surface area contributed by atoms with E-state index in [2.05, 4.69) is 20.3 Å². The molecule has 220 valence electrons. The predicted molar refractivity (Wildman–Crippen MR) is 148 cm³/mol. The molecule has 13 nitrogen and oxygen atoms in total. The molecular formula is C28H37N7O6. The molecule has 2 aromatic heterocycles. The van der Waals surface area contributed by atoms with Gasteiger partial charge in [0.15, 0.2) is 17.6 Å². The average molecular weight is 568 g/mol. The molecule has 0 radical (unpaired) electrons. The molecule has 41 heavy (non-hydrogen) atoms. The van der Waals surface area contributed by atoms with Crippen molar-refractivity contribution in [3.05, 3.63) is 48.0 Å². The summed E-state index contributed by atoms with van der Waals surface area (Å²) in [5.74, 6) is 0.586. The highest BCUT2D eigenvalue weighted by Crippen LogP contribution is 2.24. The van der Waals surface area contributed by atoms with Gasteiger partial charge in [-0.1, -0.05) is 30.3 Å². The minimum absolute atomic E-state index is 0.0841. The van der Waals surface area contributed by atoms with Gasteiger partial charge < -0.3 is 35.6 Å². The molecule has 2 aliphatic rings. The number of nitrogens with two attached hydrogens (primary N) is 1. The first-order chi connectivity index (χ1) is 19.9. The van der Waals surface area contributed by atoms with E-state index in [0.717, 1.165) is 31.2 Å². The normalized spacial score (nSPS) is 17.4. The summed E-state index contributed by atoms with van der Waals surface area (Å²) >= 11 is 0. The van der Waals surface area contributed by atoms with Crippen LogP contribution < -0.4 is 11.1 Å². The van der Waals surface area contributed by atoms with Gasteiger partial charge >= 0.3 is 6.09 Å². The van der Waals surface area contributed by atoms with E-state index in [-0.39, 0.29) is 30.6 Å². The summed E-state index contributed by atoms with van der Waals surface area (Å²) in [5.41, 5.74) is 8.18. The lowest BCUT2D eigenvalue weighted by Crippen LogP contribution is -2.46. The summed E-state index contributed by atoms with van der Waals surface area (Å²) in [7, 11) is 0. The van der Waals surface area contributed by atoms with Gasteiger partial charge in [0.1, 0.15) is 24.2 Å². The van der Waals surface area contributed by atoms with Crippen molar-refractivity contribution in [2.75, 3.05) is 32.0 Å². The molecule has 5 rings (SSSR count). The molecule has 0 bridgehead atoms. The van der Waals surface area contributed by atoms with E-state index in [1.807, 2.05) is 30.3 Å². The topological polar surface area (TPSA) is 178 Å². The molecule has 13 heteroatoms. The number of anilines is 1. The standard InChI is InChI=1S/C28H37N7O6/c29-25-23-26(35(16-30-23)17-41-24(21(37)15-36)27(38)31-20-6-7-20)33-22(32-25)14-19-8-11-34(12-9-19)28(39)40-13-10-18-4-2-1-3-5-18/h1-5,16,19-21,24,36-37H,6-15,17H2,(H,31,38)(H2,29,32,33)/t21?,24-/m0/s1. The summed E-state index contributed by atoms with van der Waals surface area (Å²) in [4.78, 5) is 40.2. The molecule has 1 aromatic carbocycles. The van der Waals surface area contributed by atoms with Gasteiger partial charge in [0.25, 0.3) is 5.91 Å². The lowest BCUT2D eigenvalue weighted by molar-refractivity contribution is -0.147. The number of fused-ring (bicyclic) bond motifs is 1. The third kappa shape index (κ3) is 7.48. The van der Waals surface area contributed by atoms with Crippen LogP contribution in [0.4, 0.5) is 10.6 Å². The second-order valence-corrected chi connectivity index (χ2v) is 10.6. The second kappa shape index (κ2) is 13.2. The molecular weight excluding hydrogens is 530 g/mol. The minimum Gasteiger partial charge on any atom is -0.449 e. The fourth-order valence-corrected chi connectivity index (χ4v) is 4.90. The minimum atomic E-state index is -1.37. The van der Waals surface area contributed by atoms with E-state index in [1.165, 1.54) is 6.33 Å². The number of piperidine rings is 1. The monoisotopic (exact) mass is 567 g/mol. The van der Waals surface area contributed by atoms with Crippen LogP contribution in [0.3, 0.4) is 0 Å². The van der Waals surface area contributed by atoms with Gasteiger partial charge in [0, 0.05) is 32.0 Å². The van der Waals surface area contributed by atoms with Crippen molar-refractivity contribution in [1.82, 2.24) is 29.7 Å². The van der Waals surface area contributed by atoms with Gasteiger partial charge in [-0.3, -0.25) is 9.36 Å². The number of aliphatic hydroxyl groups is 2. The molecule has 2 amide bonds. The van der Waals surface area contributed by atoms with E-state index >= 15 is 0 Å². The Kier molecular flexibility index (Phi) is 9.27. The number of likely N-dealkylation sites (tertiary alicyclic amines) is 1. The first kappa shape index (κ1) is 28.7. The number of aromatic nitrogens is 4. The fraction of sp³-hybridized carbons (Fsp3) is 0.536. The van der Waals surface area contributed by atoms with Crippen LogP contribution in [0.2, 0.25) is 0 Å². The molecule has 1 aliphatic heterocycles. The number of benzene rings is 1. The maximum Gasteiger partial charge on any atom is 0.409 e. The lowest BCUT2D eigenvalue weighted by Gasteiger charge is -2.31. The van der Waals surface area contributed by atoms with Gasteiger partial charge in [0.05, 0.1) is 19.5 Å². The number of ether oxygens (including phenoxy) is 2. The molecule has 3 heterocycles. The van der Waals surface area contributed by atoms with E-state index in [9.17, 15) is 19.8 Å². The number of imidazole rings is 1. The molecule has 3 aromatic rings. The van der Waals surface area contributed by atoms with Crippen LogP contribution in [0.15, 0.2) is 36.7 Å². The Morgan fingerprint density at radius 2 is 1.88 bits per heavy atom. The van der Waals surface area contributed by atoms with Crippen LogP contribution >= 0.6 is 0 Å². The number of rotatable bonds is 12. The van der Waals surface area contributed by atoms with Crippen molar-refractivity contribution in [1.29, 1.82) is 0 Å². The highest BCUT2D eigenvalue weighted by molar-refractivity contribution is 5.82. The van der Waals surface area contributed by atoms with E-state index in [1.54, 1.807) is 9.47 Å². The molecule has 1 unspecified atom stereocenters. The smallest absolute Gasteiger partial charge is 0.409 e. The Bertz CT molecular complexity index is 1320. The molecule has 2 fully saturated rings.